The van der Waals surface area contributed by atoms with Gasteiger partial charge < -0.3 is 39.7 Å². The molecule has 13 nitrogen and oxygen atoms in total. The predicted octanol–water partition coefficient (Wildman–Crippen LogP) is 6.12. The van der Waals surface area contributed by atoms with Crippen molar-refractivity contribution in [2.24, 2.45) is 0 Å². The largest absolute Gasteiger partial charge is 0.453 e. The third kappa shape index (κ3) is 8.04. The van der Waals surface area contributed by atoms with E-state index in [2.05, 4.69) is 62.0 Å². The highest BCUT2D eigenvalue weighted by atomic mass is 16.5. The number of H-pyrrole nitrogens is 2. The number of nitrogens with zero attached hydrogens (tertiary/aromatic N) is 3. The van der Waals surface area contributed by atoms with Gasteiger partial charge in [0.15, 0.2) is 0 Å². The quantitative estimate of drug-likeness (QED) is 0.106. The standard InChI is InChI=1S/C42H53N7O6/c1-24(53-3)19-38(50)43-17-7-6-10-37-44-22-34(46-37)26-11-13-28-31-16-15-30(32(28)20-26)29-14-12-27(21-33(29)31)35-23-45-40(47-35)36-9-8-18-49(36)41(51)39(25(2)54-4)48-42(52)55-5/h11-14,20-25,30-31,36,39H,6-10,15-19H2,1-5H3,(H,43,50)(H,44,46)(H,45,47)(H,48,52). The Balaban J connectivity index is 1.01. The molecule has 13 heteroatoms. The van der Waals surface area contributed by atoms with E-state index in [-0.39, 0.29) is 24.0 Å². The number of benzene rings is 2. The van der Waals surface area contributed by atoms with Crippen molar-refractivity contribution >= 4 is 17.9 Å². The summed E-state index contributed by atoms with van der Waals surface area (Å²) in [5, 5.41) is 5.62. The number of carbonyl (C=O) groups is 3. The molecule has 4 N–H and O–H groups in total. The van der Waals surface area contributed by atoms with Crippen molar-refractivity contribution in [3.8, 4) is 22.5 Å². The lowest BCUT2D eigenvalue weighted by atomic mass is 9.63. The zero-order valence-corrected chi connectivity index (χ0v) is 32.4. The summed E-state index contributed by atoms with van der Waals surface area (Å²) >= 11 is 0. The van der Waals surface area contributed by atoms with Gasteiger partial charge in [-0.3, -0.25) is 9.59 Å². The number of aromatic amines is 2. The van der Waals surface area contributed by atoms with Gasteiger partial charge in [-0.2, -0.15) is 0 Å². The van der Waals surface area contributed by atoms with E-state index in [1.54, 1.807) is 18.9 Å². The van der Waals surface area contributed by atoms with Crippen LogP contribution in [0.25, 0.3) is 22.5 Å². The van der Waals surface area contributed by atoms with Gasteiger partial charge in [0, 0.05) is 45.6 Å². The minimum atomic E-state index is -0.877. The maximum Gasteiger partial charge on any atom is 0.407 e. The molecule has 3 amide bonds. The van der Waals surface area contributed by atoms with Gasteiger partial charge in [0.25, 0.3) is 0 Å². The fourth-order valence-corrected chi connectivity index (χ4v) is 8.56. The average molecular weight is 752 g/mol. The lowest BCUT2D eigenvalue weighted by Crippen LogP contribution is -2.54. The van der Waals surface area contributed by atoms with Crippen LogP contribution in [0, 0.1) is 0 Å². The molecule has 0 radical (unpaired) electrons. The maximum absolute atomic E-state index is 13.7. The SMILES string of the molecule is COC(=O)NC(C(=O)N1CCCC1c1ncc(-c2ccc3c(c2)C2CCC3c3cc(-c4cnc(CCCCNC(=O)CC(C)OC)[nH]4)ccc32)[nH]1)C(C)OC. The zero-order valence-electron chi connectivity index (χ0n) is 32.4. The maximum atomic E-state index is 13.7. The first-order chi connectivity index (χ1) is 26.7. The Morgan fingerprint density at radius 3 is 2.18 bits per heavy atom. The number of hydrogen-bond donors (Lipinski definition) is 4. The monoisotopic (exact) mass is 751 g/mol. The molecule has 4 aliphatic rings. The number of aromatic nitrogens is 4. The molecule has 6 unspecified atom stereocenters. The normalized spacial score (nSPS) is 20.0. The second-order valence-corrected chi connectivity index (χ2v) is 15.1. The molecular weight excluding hydrogens is 699 g/mol. The van der Waals surface area contributed by atoms with Crippen LogP contribution in [0.2, 0.25) is 0 Å². The fraction of sp³-hybridized carbons (Fsp3) is 0.500. The molecule has 3 heterocycles. The summed E-state index contributed by atoms with van der Waals surface area (Å²) in [6.07, 6.45) is 9.38. The van der Waals surface area contributed by atoms with E-state index in [1.165, 1.54) is 36.5 Å². The molecule has 1 aliphatic heterocycles. The number of rotatable bonds is 15. The lowest BCUT2D eigenvalue weighted by Gasteiger charge is -2.40. The topological polar surface area (TPSA) is 164 Å². The minimum Gasteiger partial charge on any atom is -0.453 e. The molecule has 6 atom stereocenters. The Bertz CT molecular complexity index is 2010. The first-order valence-electron chi connectivity index (χ1n) is 19.5. The molecular formula is C42H53N7O6. The van der Waals surface area contributed by atoms with Crippen LogP contribution in [0.1, 0.15) is 111 Å². The average Bonchev–Trinajstić information content (AvgIpc) is 4.01. The van der Waals surface area contributed by atoms with Gasteiger partial charge in [-0.15, -0.1) is 0 Å². The second kappa shape index (κ2) is 16.8. The highest BCUT2D eigenvalue weighted by Crippen LogP contribution is 2.54. The van der Waals surface area contributed by atoms with E-state index in [1.807, 2.05) is 19.3 Å². The van der Waals surface area contributed by atoms with Gasteiger partial charge in [0.1, 0.15) is 17.7 Å². The number of nitrogens with one attached hydrogen (secondary N) is 4. The van der Waals surface area contributed by atoms with Crippen molar-refractivity contribution in [3.63, 3.8) is 0 Å². The zero-order chi connectivity index (χ0) is 38.6. The first kappa shape index (κ1) is 38.3. The van der Waals surface area contributed by atoms with Gasteiger partial charge in [-0.25, -0.2) is 14.8 Å². The molecule has 2 aromatic heterocycles. The van der Waals surface area contributed by atoms with Gasteiger partial charge >= 0.3 is 6.09 Å². The highest BCUT2D eigenvalue weighted by molar-refractivity contribution is 5.87. The number of aryl methyl sites for hydroxylation is 1. The summed E-state index contributed by atoms with van der Waals surface area (Å²) in [4.78, 5) is 56.1. The molecule has 1 saturated heterocycles. The van der Waals surface area contributed by atoms with Crippen LogP contribution in [0.5, 0.6) is 0 Å². The number of ether oxygens (including phenoxy) is 3. The molecule has 8 rings (SSSR count). The summed E-state index contributed by atoms with van der Waals surface area (Å²) < 4.78 is 15.4. The molecule has 4 aromatic rings. The Morgan fingerprint density at radius 1 is 0.855 bits per heavy atom. The van der Waals surface area contributed by atoms with Crippen LogP contribution >= 0.6 is 0 Å². The van der Waals surface area contributed by atoms with Crippen molar-refractivity contribution < 1.29 is 28.6 Å². The molecule has 1 fully saturated rings. The van der Waals surface area contributed by atoms with Crippen molar-refractivity contribution in [3.05, 3.63) is 82.7 Å². The summed E-state index contributed by atoms with van der Waals surface area (Å²) in [6, 6.07) is 12.5. The molecule has 2 aromatic carbocycles. The van der Waals surface area contributed by atoms with Crippen LogP contribution < -0.4 is 10.6 Å². The molecule has 3 aliphatic carbocycles. The Morgan fingerprint density at radius 2 is 1.53 bits per heavy atom. The van der Waals surface area contributed by atoms with Gasteiger partial charge in [-0.1, -0.05) is 24.3 Å². The third-order valence-corrected chi connectivity index (χ3v) is 11.7. The van der Waals surface area contributed by atoms with Crippen molar-refractivity contribution in [2.45, 2.75) is 101 Å². The van der Waals surface area contributed by atoms with Crippen molar-refractivity contribution in [1.29, 1.82) is 0 Å². The third-order valence-electron chi connectivity index (χ3n) is 11.7. The number of alkyl carbamates (subject to hydrolysis) is 1. The minimum absolute atomic E-state index is 0.0216. The first-order valence-corrected chi connectivity index (χ1v) is 19.5. The fourth-order valence-electron chi connectivity index (χ4n) is 8.56. The molecule has 0 saturated carbocycles. The van der Waals surface area contributed by atoms with E-state index >= 15 is 0 Å². The van der Waals surface area contributed by atoms with Gasteiger partial charge in [0.05, 0.1) is 55.6 Å². The Labute approximate surface area is 322 Å². The summed E-state index contributed by atoms with van der Waals surface area (Å²) in [6.45, 7) is 4.86. The number of imidazole rings is 2. The van der Waals surface area contributed by atoms with Crippen LogP contribution in [0.4, 0.5) is 4.79 Å². The van der Waals surface area contributed by atoms with Crippen molar-refractivity contribution in [2.75, 3.05) is 34.4 Å². The summed E-state index contributed by atoms with van der Waals surface area (Å²) in [7, 11) is 4.41. The van der Waals surface area contributed by atoms with E-state index in [4.69, 9.17) is 19.2 Å². The van der Waals surface area contributed by atoms with Crippen LogP contribution in [0.3, 0.4) is 0 Å². The van der Waals surface area contributed by atoms with Crippen LogP contribution in [0.15, 0.2) is 48.8 Å². The van der Waals surface area contributed by atoms with E-state index in [9.17, 15) is 14.4 Å². The Hall–Kier alpha value is -5.01. The van der Waals surface area contributed by atoms with Crippen LogP contribution in [-0.4, -0.2) is 95.4 Å². The van der Waals surface area contributed by atoms with Gasteiger partial charge in [0.2, 0.25) is 11.8 Å². The lowest BCUT2D eigenvalue weighted by molar-refractivity contribution is -0.137. The second-order valence-electron chi connectivity index (χ2n) is 15.1. The van der Waals surface area contributed by atoms with Gasteiger partial charge in [-0.05, 0) is 97.9 Å². The molecule has 55 heavy (non-hydrogen) atoms. The Kier molecular flexibility index (Phi) is 11.7. The number of methoxy groups -OCH3 is 3. The van der Waals surface area contributed by atoms with E-state index in [0.717, 1.165) is 79.1 Å². The predicted molar refractivity (Wildman–Crippen MR) is 207 cm³/mol. The number of amides is 3. The van der Waals surface area contributed by atoms with Crippen molar-refractivity contribution in [1.82, 2.24) is 35.5 Å². The smallest absolute Gasteiger partial charge is 0.407 e. The molecule has 292 valence electrons. The molecule has 0 spiro atoms. The molecule has 2 bridgehead atoms. The van der Waals surface area contributed by atoms with E-state index in [0.29, 0.717) is 31.3 Å². The number of likely N-dealkylation sites (tertiary alicyclic amines) is 1. The number of fused-ring (bicyclic) bond motifs is 1. The number of carbonyl (C=O) groups excluding carboxylic acids is 3. The number of unbranched alkanes of at least 4 members (excludes halogenated alkanes) is 1. The summed E-state index contributed by atoms with van der Waals surface area (Å²) in [5.74, 6) is 2.16. The summed E-state index contributed by atoms with van der Waals surface area (Å²) in [5.41, 5.74) is 9.74. The van der Waals surface area contributed by atoms with E-state index < -0.39 is 18.2 Å². The number of hydrogen-bond acceptors (Lipinski definition) is 8. The van der Waals surface area contributed by atoms with Crippen LogP contribution in [-0.2, 0) is 30.2 Å². The highest BCUT2D eigenvalue weighted by Gasteiger charge is 2.40.